The quantitative estimate of drug-likeness (QED) is 0.904. The molecule has 3 nitrogen and oxygen atoms in total. The van der Waals surface area contributed by atoms with E-state index in [1.54, 1.807) is 0 Å². The number of nitrogens with one attached hydrogen (secondary N) is 1. The maximum Gasteiger partial charge on any atom is 0.252 e. The van der Waals surface area contributed by atoms with E-state index in [1.807, 2.05) is 12.1 Å². The maximum atomic E-state index is 12.7. The van der Waals surface area contributed by atoms with Gasteiger partial charge in [0.05, 0.1) is 0 Å². The van der Waals surface area contributed by atoms with Crippen LogP contribution in [-0.4, -0.2) is 36.5 Å². The van der Waals surface area contributed by atoms with Crippen molar-refractivity contribution in [2.24, 2.45) is 5.92 Å². The van der Waals surface area contributed by atoms with Crippen LogP contribution in [0.5, 0.6) is 0 Å². The van der Waals surface area contributed by atoms with Crippen LogP contribution >= 0.6 is 0 Å². The first kappa shape index (κ1) is 13.1. The molecule has 2 bridgehead atoms. The van der Waals surface area contributed by atoms with Gasteiger partial charge in [0.2, 0.25) is 0 Å². The first-order valence-electron chi connectivity index (χ1n) is 8.13. The molecule has 5 rings (SSSR count). The van der Waals surface area contributed by atoms with Crippen molar-refractivity contribution in [2.45, 2.75) is 31.7 Å². The number of nitrogens with zero attached hydrogens (tertiary/aromatic N) is 1. The lowest BCUT2D eigenvalue weighted by molar-refractivity contribution is 0.0620. The Hall–Kier alpha value is -1.61. The second-order valence-electron chi connectivity index (χ2n) is 6.54. The van der Waals surface area contributed by atoms with Crippen LogP contribution in [0.3, 0.4) is 0 Å². The maximum absolute atomic E-state index is 12.7. The van der Waals surface area contributed by atoms with Crippen molar-refractivity contribution in [3.8, 4) is 0 Å². The number of aryl methyl sites for hydroxylation is 1. The average molecular weight is 282 g/mol. The third-order valence-electron chi connectivity index (χ3n) is 5.28. The summed E-state index contributed by atoms with van der Waals surface area (Å²) >= 11 is 0. The Morgan fingerprint density at radius 1 is 1.24 bits per heavy atom. The molecule has 3 heteroatoms. The molecule has 1 amide bonds. The molecule has 3 heterocycles. The van der Waals surface area contributed by atoms with Crippen LogP contribution in [0.1, 0.15) is 40.7 Å². The van der Waals surface area contributed by atoms with Gasteiger partial charge in [-0.15, -0.1) is 0 Å². The number of benzene rings is 1. The monoisotopic (exact) mass is 282 g/mol. The van der Waals surface area contributed by atoms with Gasteiger partial charge >= 0.3 is 0 Å². The molecule has 1 aromatic carbocycles. The lowest BCUT2D eigenvalue weighted by Crippen LogP contribution is -2.57. The SMILES string of the molecule is O=C(NC1CN2CCC1CC2)c1cccc2c1C=CCC2. The number of hydrogen-bond acceptors (Lipinski definition) is 2. The van der Waals surface area contributed by atoms with Crippen LogP contribution in [0.2, 0.25) is 0 Å². The first-order chi connectivity index (χ1) is 10.3. The van der Waals surface area contributed by atoms with E-state index in [0.29, 0.717) is 12.0 Å². The number of piperidine rings is 3. The van der Waals surface area contributed by atoms with Crippen LogP contribution in [0.4, 0.5) is 0 Å². The summed E-state index contributed by atoms with van der Waals surface area (Å²) in [5.41, 5.74) is 3.28. The summed E-state index contributed by atoms with van der Waals surface area (Å²) < 4.78 is 0. The molecular formula is C18H22N2O. The van der Waals surface area contributed by atoms with Gasteiger partial charge in [0.1, 0.15) is 0 Å². The average Bonchev–Trinajstić information content (AvgIpc) is 2.55. The number of amides is 1. The van der Waals surface area contributed by atoms with Crippen molar-refractivity contribution in [2.75, 3.05) is 19.6 Å². The zero-order valence-corrected chi connectivity index (χ0v) is 12.3. The number of fused-ring (bicyclic) bond motifs is 4. The lowest BCUT2D eigenvalue weighted by Gasteiger charge is -2.45. The fraction of sp³-hybridized carbons (Fsp3) is 0.500. The minimum atomic E-state index is 0.108. The highest BCUT2D eigenvalue weighted by Gasteiger charge is 2.35. The normalized spacial score (nSPS) is 30.0. The number of carbonyl (C=O) groups is 1. The van der Waals surface area contributed by atoms with Crippen LogP contribution in [-0.2, 0) is 6.42 Å². The number of rotatable bonds is 2. The zero-order chi connectivity index (χ0) is 14.2. The van der Waals surface area contributed by atoms with E-state index in [1.165, 1.54) is 31.5 Å². The summed E-state index contributed by atoms with van der Waals surface area (Å²) in [4.78, 5) is 15.2. The Morgan fingerprint density at radius 3 is 2.86 bits per heavy atom. The van der Waals surface area contributed by atoms with E-state index in [2.05, 4.69) is 28.4 Å². The topological polar surface area (TPSA) is 32.3 Å². The second kappa shape index (κ2) is 5.30. The highest BCUT2D eigenvalue weighted by Crippen LogP contribution is 2.28. The first-order valence-corrected chi connectivity index (χ1v) is 8.13. The van der Waals surface area contributed by atoms with E-state index >= 15 is 0 Å². The Labute approximate surface area is 126 Å². The van der Waals surface area contributed by atoms with E-state index in [-0.39, 0.29) is 5.91 Å². The Morgan fingerprint density at radius 2 is 2.10 bits per heavy atom. The van der Waals surface area contributed by atoms with Gasteiger partial charge < -0.3 is 10.2 Å². The van der Waals surface area contributed by atoms with Crippen LogP contribution in [0.25, 0.3) is 6.08 Å². The molecule has 3 aliphatic heterocycles. The molecular weight excluding hydrogens is 260 g/mol. The predicted molar refractivity (Wildman–Crippen MR) is 84.2 cm³/mol. The molecule has 4 aliphatic rings. The smallest absolute Gasteiger partial charge is 0.252 e. The molecule has 21 heavy (non-hydrogen) atoms. The van der Waals surface area contributed by atoms with Crippen molar-refractivity contribution in [1.82, 2.24) is 10.2 Å². The summed E-state index contributed by atoms with van der Waals surface area (Å²) in [6.45, 7) is 3.45. The van der Waals surface area contributed by atoms with Crippen LogP contribution < -0.4 is 5.32 Å². The van der Waals surface area contributed by atoms with Crippen LogP contribution in [0.15, 0.2) is 24.3 Å². The molecule has 3 fully saturated rings. The minimum absolute atomic E-state index is 0.108. The summed E-state index contributed by atoms with van der Waals surface area (Å²) in [6, 6.07) is 6.46. The number of carbonyl (C=O) groups excluding carboxylic acids is 1. The summed E-state index contributed by atoms with van der Waals surface area (Å²) in [6.07, 6.45) is 8.89. The van der Waals surface area contributed by atoms with Gasteiger partial charge in [-0.3, -0.25) is 4.79 Å². The van der Waals surface area contributed by atoms with Gasteiger partial charge in [-0.1, -0.05) is 24.3 Å². The van der Waals surface area contributed by atoms with Crippen molar-refractivity contribution in [1.29, 1.82) is 0 Å². The standard InChI is InChI=1S/C18H22N2O/c21-18(19-17-12-20-10-8-14(17)9-11-20)16-7-3-5-13-4-1-2-6-15(13)16/h2-3,5-7,14,17H,1,4,8-12H2,(H,19,21). The minimum Gasteiger partial charge on any atom is -0.348 e. The van der Waals surface area contributed by atoms with E-state index in [0.717, 1.165) is 30.5 Å². The second-order valence-corrected chi connectivity index (χ2v) is 6.54. The highest BCUT2D eigenvalue weighted by atomic mass is 16.1. The molecule has 1 aromatic rings. The summed E-state index contributed by atoms with van der Waals surface area (Å²) in [5, 5.41) is 3.30. The predicted octanol–water partition coefficient (Wildman–Crippen LogP) is 2.47. The van der Waals surface area contributed by atoms with Gasteiger partial charge in [0.25, 0.3) is 5.91 Å². The van der Waals surface area contributed by atoms with Crippen molar-refractivity contribution in [3.05, 3.63) is 41.0 Å². The molecule has 1 atom stereocenters. The van der Waals surface area contributed by atoms with Gasteiger partial charge in [0, 0.05) is 18.2 Å². The van der Waals surface area contributed by atoms with E-state index in [4.69, 9.17) is 0 Å². The molecule has 1 unspecified atom stereocenters. The fourth-order valence-electron chi connectivity index (χ4n) is 4.04. The number of allylic oxidation sites excluding steroid dienone is 1. The molecule has 110 valence electrons. The third kappa shape index (κ3) is 2.40. The molecule has 0 saturated carbocycles. The van der Waals surface area contributed by atoms with Gasteiger partial charge in [-0.25, -0.2) is 0 Å². The molecule has 0 spiro atoms. The van der Waals surface area contributed by atoms with Crippen LogP contribution in [0, 0.1) is 5.92 Å². The largest absolute Gasteiger partial charge is 0.348 e. The lowest BCUT2D eigenvalue weighted by atomic mass is 9.83. The molecule has 3 saturated heterocycles. The van der Waals surface area contributed by atoms with E-state index < -0.39 is 0 Å². The molecule has 1 N–H and O–H groups in total. The van der Waals surface area contributed by atoms with Crippen molar-refractivity contribution in [3.63, 3.8) is 0 Å². The van der Waals surface area contributed by atoms with Gasteiger partial charge in [-0.2, -0.15) is 0 Å². The third-order valence-corrected chi connectivity index (χ3v) is 5.28. The summed E-state index contributed by atoms with van der Waals surface area (Å²) in [5.74, 6) is 0.784. The highest BCUT2D eigenvalue weighted by molar-refractivity contribution is 5.98. The Kier molecular flexibility index (Phi) is 3.30. The van der Waals surface area contributed by atoms with Crippen molar-refractivity contribution < 1.29 is 4.79 Å². The molecule has 0 radical (unpaired) electrons. The Bertz CT molecular complexity index is 585. The Balaban J connectivity index is 1.55. The number of hydrogen-bond donors (Lipinski definition) is 1. The molecule has 1 aliphatic carbocycles. The zero-order valence-electron chi connectivity index (χ0n) is 12.3. The molecule has 0 aromatic heterocycles. The van der Waals surface area contributed by atoms with E-state index in [9.17, 15) is 4.79 Å². The van der Waals surface area contributed by atoms with Crippen molar-refractivity contribution >= 4 is 12.0 Å². The summed E-state index contributed by atoms with van der Waals surface area (Å²) in [7, 11) is 0. The van der Waals surface area contributed by atoms with Gasteiger partial charge in [-0.05, 0) is 61.9 Å². The fourth-order valence-corrected chi connectivity index (χ4v) is 4.04. The van der Waals surface area contributed by atoms with Gasteiger partial charge in [0.15, 0.2) is 0 Å².